The summed E-state index contributed by atoms with van der Waals surface area (Å²) in [6, 6.07) is 4.55. The number of nitrogens with one attached hydrogen (secondary N) is 1. The molecule has 0 saturated carbocycles. The van der Waals surface area contributed by atoms with Crippen molar-refractivity contribution in [1.82, 2.24) is 25.2 Å². The summed E-state index contributed by atoms with van der Waals surface area (Å²) in [7, 11) is 1.56. The summed E-state index contributed by atoms with van der Waals surface area (Å²) in [6.07, 6.45) is -5.14. The van der Waals surface area contributed by atoms with E-state index in [9.17, 15) is 31.1 Å². The van der Waals surface area contributed by atoms with Gasteiger partial charge in [0.15, 0.2) is 5.82 Å². The van der Waals surface area contributed by atoms with Crippen LogP contribution in [0.2, 0.25) is 0 Å². The van der Waals surface area contributed by atoms with Crippen molar-refractivity contribution >= 4 is 17.9 Å². The van der Waals surface area contributed by atoms with E-state index in [1.165, 1.54) is 5.01 Å². The molecule has 3 aromatic rings. The maximum absolute atomic E-state index is 13.0. The third-order valence-electron chi connectivity index (χ3n) is 4.25. The first kappa shape index (κ1) is 23.8. The summed E-state index contributed by atoms with van der Waals surface area (Å²) >= 11 is 0. The Bertz CT molecular complexity index is 1130. The number of carbonyl (C=O) groups excluding carboxylic acids is 1. The Hall–Kier alpha value is -3.90. The molecule has 2 aromatic heterocycles. The molecule has 0 spiro atoms. The lowest BCUT2D eigenvalue weighted by molar-refractivity contribution is -0.143. The number of halogens is 6. The molecule has 0 unspecified atom stereocenters. The molecule has 0 aliphatic carbocycles. The van der Waals surface area contributed by atoms with Gasteiger partial charge in [0.05, 0.1) is 11.1 Å². The highest BCUT2D eigenvalue weighted by Crippen LogP contribution is 2.38. The van der Waals surface area contributed by atoms with Gasteiger partial charge < -0.3 is 0 Å². The number of nitrogens with zero attached hydrogens (tertiary/aromatic N) is 5. The summed E-state index contributed by atoms with van der Waals surface area (Å²) in [4.78, 5) is 20.0. The van der Waals surface area contributed by atoms with Gasteiger partial charge in [-0.05, 0) is 36.8 Å². The highest BCUT2D eigenvalue weighted by molar-refractivity contribution is 5.90. The molecule has 0 bridgehead atoms. The van der Waals surface area contributed by atoms with Gasteiger partial charge in [-0.3, -0.25) is 15.2 Å². The van der Waals surface area contributed by atoms with Crippen molar-refractivity contribution < 1.29 is 31.1 Å². The Morgan fingerprint density at radius 3 is 2.21 bits per heavy atom. The Balaban J connectivity index is 1.77. The van der Waals surface area contributed by atoms with E-state index >= 15 is 0 Å². The number of hydrogen-bond acceptors (Lipinski definition) is 5. The molecule has 0 atom stereocenters. The number of benzene rings is 1. The van der Waals surface area contributed by atoms with Gasteiger partial charge in [0.2, 0.25) is 0 Å². The molecule has 174 valence electrons. The third-order valence-corrected chi connectivity index (χ3v) is 4.25. The van der Waals surface area contributed by atoms with E-state index in [1.54, 1.807) is 25.4 Å². The SMILES string of the molecule is Cc1ccc(N(C)NC(=O)/C=C\n2cnc(-c3cc(C(F)(F)F)cc(C(F)(F)F)c3)n2)nc1. The van der Waals surface area contributed by atoms with Crippen molar-refractivity contribution in [2.75, 3.05) is 12.1 Å². The van der Waals surface area contributed by atoms with Gasteiger partial charge in [0, 0.05) is 31.1 Å². The minimum absolute atomic E-state index is 0.0180. The largest absolute Gasteiger partial charge is 0.416 e. The first-order valence-electron chi connectivity index (χ1n) is 9.19. The molecule has 1 aromatic carbocycles. The molecule has 1 amide bonds. The van der Waals surface area contributed by atoms with Crippen molar-refractivity contribution in [2.45, 2.75) is 19.3 Å². The first-order valence-corrected chi connectivity index (χ1v) is 9.19. The highest BCUT2D eigenvalue weighted by atomic mass is 19.4. The molecule has 0 aliphatic heterocycles. The second-order valence-electron chi connectivity index (χ2n) is 6.89. The maximum atomic E-state index is 13.0. The highest BCUT2D eigenvalue weighted by Gasteiger charge is 2.37. The maximum Gasteiger partial charge on any atom is 0.416 e. The quantitative estimate of drug-likeness (QED) is 0.342. The average Bonchev–Trinajstić information content (AvgIpc) is 3.20. The fraction of sp³-hybridized carbons (Fsp3) is 0.200. The Morgan fingerprint density at radius 1 is 1.03 bits per heavy atom. The third kappa shape index (κ3) is 6.08. The summed E-state index contributed by atoms with van der Waals surface area (Å²) in [6.45, 7) is 1.85. The number of rotatable bonds is 5. The van der Waals surface area contributed by atoms with Crippen molar-refractivity contribution in [3.63, 3.8) is 0 Å². The second-order valence-corrected chi connectivity index (χ2v) is 6.89. The number of aromatic nitrogens is 4. The zero-order valence-corrected chi connectivity index (χ0v) is 17.1. The molecule has 0 saturated heterocycles. The second kappa shape index (κ2) is 8.92. The smallest absolute Gasteiger partial charge is 0.271 e. The Kier molecular flexibility index (Phi) is 6.42. The van der Waals surface area contributed by atoms with Crippen LogP contribution >= 0.6 is 0 Å². The first-order chi connectivity index (χ1) is 15.3. The van der Waals surface area contributed by atoms with Gasteiger partial charge >= 0.3 is 12.4 Å². The zero-order chi connectivity index (χ0) is 24.4. The predicted molar refractivity (Wildman–Crippen MR) is 106 cm³/mol. The van der Waals surface area contributed by atoms with Gasteiger partial charge in [0.1, 0.15) is 12.1 Å². The topological polar surface area (TPSA) is 75.9 Å². The molecule has 3 rings (SSSR count). The van der Waals surface area contributed by atoms with Crippen molar-refractivity contribution in [2.24, 2.45) is 0 Å². The minimum Gasteiger partial charge on any atom is -0.271 e. The van der Waals surface area contributed by atoms with Crippen LogP contribution in [-0.2, 0) is 17.1 Å². The number of pyridine rings is 1. The number of anilines is 1. The normalized spacial score (nSPS) is 12.2. The number of alkyl halides is 6. The van der Waals surface area contributed by atoms with Crippen molar-refractivity contribution in [1.29, 1.82) is 0 Å². The van der Waals surface area contributed by atoms with E-state index in [0.717, 1.165) is 28.8 Å². The Labute approximate surface area is 183 Å². The van der Waals surface area contributed by atoms with Crippen LogP contribution in [-0.4, -0.2) is 32.7 Å². The van der Waals surface area contributed by atoms with Gasteiger partial charge in [-0.25, -0.2) is 14.6 Å². The van der Waals surface area contributed by atoms with Crippen LogP contribution in [0.3, 0.4) is 0 Å². The number of carbonyl (C=O) groups is 1. The lowest BCUT2D eigenvalue weighted by Crippen LogP contribution is -2.38. The van der Waals surface area contributed by atoms with Gasteiger partial charge in [-0.1, -0.05) is 6.07 Å². The van der Waals surface area contributed by atoms with Crippen LogP contribution in [0.1, 0.15) is 16.7 Å². The summed E-state index contributed by atoms with van der Waals surface area (Å²) in [5.74, 6) is -0.497. The van der Waals surface area contributed by atoms with E-state index in [2.05, 4.69) is 20.5 Å². The van der Waals surface area contributed by atoms with E-state index < -0.39 is 35.0 Å². The van der Waals surface area contributed by atoms with Crippen LogP contribution in [0.4, 0.5) is 32.2 Å². The zero-order valence-electron chi connectivity index (χ0n) is 17.1. The fourth-order valence-electron chi connectivity index (χ4n) is 2.63. The lowest BCUT2D eigenvalue weighted by Gasteiger charge is -2.17. The van der Waals surface area contributed by atoms with Crippen LogP contribution in [0, 0.1) is 6.92 Å². The number of aryl methyl sites for hydroxylation is 1. The van der Waals surface area contributed by atoms with Gasteiger partial charge in [-0.2, -0.15) is 26.3 Å². The molecule has 7 nitrogen and oxygen atoms in total. The number of hydrazine groups is 1. The van der Waals surface area contributed by atoms with Crippen LogP contribution in [0.25, 0.3) is 17.6 Å². The monoisotopic (exact) mass is 470 g/mol. The molecule has 2 heterocycles. The molecule has 33 heavy (non-hydrogen) atoms. The molecule has 0 radical (unpaired) electrons. The van der Waals surface area contributed by atoms with E-state index in [0.29, 0.717) is 18.0 Å². The van der Waals surface area contributed by atoms with E-state index in [-0.39, 0.29) is 11.9 Å². The number of hydrogen-bond donors (Lipinski definition) is 1. The standard InChI is InChI=1S/C20H16F6N6O/c1-12-3-4-16(27-10-12)31(2)29-17(33)5-6-32-11-28-18(30-32)13-7-14(19(21,22)23)9-15(8-13)20(24,25)26/h3-11H,1-2H3,(H,29,33)/b6-5-. The number of amides is 1. The van der Waals surface area contributed by atoms with Crippen LogP contribution in [0.15, 0.2) is 48.9 Å². The molecular formula is C20H16F6N6O. The minimum atomic E-state index is -4.99. The van der Waals surface area contributed by atoms with Crippen LogP contribution in [0.5, 0.6) is 0 Å². The summed E-state index contributed by atoms with van der Waals surface area (Å²) in [5, 5.41) is 5.19. The molecule has 13 heteroatoms. The van der Waals surface area contributed by atoms with Gasteiger partial charge in [0.25, 0.3) is 5.91 Å². The Morgan fingerprint density at radius 2 is 1.67 bits per heavy atom. The van der Waals surface area contributed by atoms with Gasteiger partial charge in [-0.15, -0.1) is 5.10 Å². The fourth-order valence-corrected chi connectivity index (χ4v) is 2.63. The predicted octanol–water partition coefficient (Wildman–Crippen LogP) is 4.32. The molecule has 0 aliphatic rings. The molecular weight excluding hydrogens is 454 g/mol. The average molecular weight is 470 g/mol. The molecule has 0 fully saturated rings. The summed E-state index contributed by atoms with van der Waals surface area (Å²) < 4.78 is 79.2. The van der Waals surface area contributed by atoms with E-state index in [1.807, 2.05) is 6.92 Å². The van der Waals surface area contributed by atoms with Crippen molar-refractivity contribution in [3.05, 3.63) is 65.6 Å². The van der Waals surface area contributed by atoms with E-state index in [4.69, 9.17) is 0 Å². The lowest BCUT2D eigenvalue weighted by atomic mass is 10.0. The summed E-state index contributed by atoms with van der Waals surface area (Å²) in [5.41, 5.74) is 0.00620. The van der Waals surface area contributed by atoms with Crippen molar-refractivity contribution in [3.8, 4) is 11.4 Å². The molecule has 1 N–H and O–H groups in total. The van der Waals surface area contributed by atoms with Crippen LogP contribution < -0.4 is 10.4 Å².